The topological polar surface area (TPSA) is 55.6 Å². The largest absolute Gasteiger partial charge is 0.370 e. The maximum absolute atomic E-state index is 4.69. The van der Waals surface area contributed by atoms with Gasteiger partial charge >= 0.3 is 0 Å². The maximum Gasteiger partial charge on any atom is 0.180 e. The Labute approximate surface area is 120 Å². The second-order valence-corrected chi connectivity index (χ2v) is 5.13. The van der Waals surface area contributed by atoms with Crippen molar-refractivity contribution in [2.45, 2.75) is 46.6 Å². The van der Waals surface area contributed by atoms with E-state index in [1.54, 1.807) is 0 Å². The van der Waals surface area contributed by atoms with E-state index in [-0.39, 0.29) is 0 Å². The minimum absolute atomic E-state index is 0.372. The Hall–Kier alpha value is -1.91. The van der Waals surface area contributed by atoms with Crippen molar-refractivity contribution in [3.63, 3.8) is 0 Å². The number of hydrogen-bond acceptors (Lipinski definition) is 4. The molecule has 0 spiro atoms. The molecule has 2 aromatic heterocycles. The van der Waals surface area contributed by atoms with Gasteiger partial charge in [0, 0.05) is 31.0 Å². The van der Waals surface area contributed by atoms with Crippen LogP contribution in [0.15, 0.2) is 18.3 Å². The predicted octanol–water partition coefficient (Wildman–Crippen LogP) is 3.31. The molecule has 1 N–H and O–H groups in total. The van der Waals surface area contributed by atoms with E-state index in [4.69, 9.17) is 0 Å². The van der Waals surface area contributed by atoms with Crippen LogP contribution in [0, 0.1) is 0 Å². The third-order valence-corrected chi connectivity index (χ3v) is 3.08. The average Bonchev–Trinajstić information content (AvgIpc) is 2.87. The molecular weight excluding hydrogens is 250 g/mol. The van der Waals surface area contributed by atoms with Gasteiger partial charge in [0.1, 0.15) is 11.5 Å². The van der Waals surface area contributed by atoms with Crippen LogP contribution in [0.2, 0.25) is 0 Å². The van der Waals surface area contributed by atoms with Crippen molar-refractivity contribution in [2.24, 2.45) is 0 Å². The average molecular weight is 273 g/mol. The van der Waals surface area contributed by atoms with Crippen molar-refractivity contribution >= 4 is 5.82 Å². The van der Waals surface area contributed by atoms with E-state index in [1.807, 2.05) is 23.0 Å². The van der Waals surface area contributed by atoms with E-state index < -0.39 is 0 Å². The summed E-state index contributed by atoms with van der Waals surface area (Å²) in [5.74, 6) is 2.00. The molecule has 0 bridgehead atoms. The molecule has 0 amide bonds. The summed E-state index contributed by atoms with van der Waals surface area (Å²) in [6, 6.07) is 4.00. The Morgan fingerprint density at radius 2 is 2.05 bits per heavy atom. The highest BCUT2D eigenvalue weighted by Gasteiger charge is 2.12. The van der Waals surface area contributed by atoms with Gasteiger partial charge < -0.3 is 5.32 Å². The molecule has 0 aliphatic rings. The molecule has 20 heavy (non-hydrogen) atoms. The van der Waals surface area contributed by atoms with Crippen molar-refractivity contribution in [2.75, 3.05) is 11.9 Å². The Morgan fingerprint density at radius 3 is 2.70 bits per heavy atom. The zero-order valence-corrected chi connectivity index (χ0v) is 12.7. The molecule has 2 aromatic rings. The summed E-state index contributed by atoms with van der Waals surface area (Å²) in [7, 11) is 0. The lowest BCUT2D eigenvalue weighted by Crippen LogP contribution is -2.08. The molecule has 0 atom stereocenters. The Bertz CT molecular complexity index is 559. The fourth-order valence-electron chi connectivity index (χ4n) is 2.06. The fraction of sp³-hybridized carbons (Fsp3) is 0.533. The highest BCUT2D eigenvalue weighted by Crippen LogP contribution is 2.21. The highest BCUT2D eigenvalue weighted by atomic mass is 15.3. The first-order valence-electron chi connectivity index (χ1n) is 7.30. The maximum atomic E-state index is 4.69. The van der Waals surface area contributed by atoms with Crippen LogP contribution >= 0.6 is 0 Å². The molecule has 0 saturated carbocycles. The minimum Gasteiger partial charge on any atom is -0.370 e. The molecule has 0 aromatic carbocycles. The zero-order chi connectivity index (χ0) is 14.5. The SMILES string of the molecule is CCCn1nccc1-c1nc(NCC)cc(C(C)C)n1. The van der Waals surface area contributed by atoms with Crippen LogP contribution in [-0.2, 0) is 6.54 Å². The van der Waals surface area contributed by atoms with Crippen molar-refractivity contribution in [3.8, 4) is 11.5 Å². The van der Waals surface area contributed by atoms with Crippen LogP contribution in [0.25, 0.3) is 11.5 Å². The first-order chi connectivity index (χ1) is 9.65. The lowest BCUT2D eigenvalue weighted by Gasteiger charge is -2.12. The van der Waals surface area contributed by atoms with Crippen LogP contribution in [0.5, 0.6) is 0 Å². The number of aromatic nitrogens is 4. The third kappa shape index (κ3) is 3.15. The van der Waals surface area contributed by atoms with E-state index in [9.17, 15) is 0 Å². The van der Waals surface area contributed by atoms with Gasteiger partial charge in [-0.2, -0.15) is 5.10 Å². The third-order valence-electron chi connectivity index (χ3n) is 3.08. The molecular formula is C15H23N5. The zero-order valence-electron chi connectivity index (χ0n) is 12.7. The summed E-state index contributed by atoms with van der Waals surface area (Å²) in [5, 5.41) is 7.62. The highest BCUT2D eigenvalue weighted by molar-refractivity contribution is 5.53. The summed E-state index contributed by atoms with van der Waals surface area (Å²) in [4.78, 5) is 9.30. The van der Waals surface area contributed by atoms with Gasteiger partial charge in [-0.05, 0) is 25.3 Å². The summed E-state index contributed by atoms with van der Waals surface area (Å²) < 4.78 is 1.97. The van der Waals surface area contributed by atoms with E-state index >= 15 is 0 Å². The van der Waals surface area contributed by atoms with Crippen molar-refractivity contribution in [1.29, 1.82) is 0 Å². The van der Waals surface area contributed by atoms with Gasteiger partial charge in [0.25, 0.3) is 0 Å². The first kappa shape index (κ1) is 14.5. The molecule has 0 radical (unpaired) electrons. The van der Waals surface area contributed by atoms with Crippen LogP contribution in [0.4, 0.5) is 5.82 Å². The molecule has 0 aliphatic heterocycles. The van der Waals surface area contributed by atoms with Gasteiger partial charge in [-0.1, -0.05) is 20.8 Å². The Kier molecular flexibility index (Phi) is 4.71. The number of aryl methyl sites for hydroxylation is 1. The number of anilines is 1. The molecule has 0 unspecified atom stereocenters. The summed E-state index contributed by atoms with van der Waals surface area (Å²) in [6.45, 7) is 10.2. The lowest BCUT2D eigenvalue weighted by atomic mass is 10.1. The normalized spacial score (nSPS) is 11.1. The molecule has 2 heterocycles. The lowest BCUT2D eigenvalue weighted by molar-refractivity contribution is 0.606. The molecule has 2 rings (SSSR count). The van der Waals surface area contributed by atoms with Crippen LogP contribution in [-0.4, -0.2) is 26.3 Å². The standard InChI is InChI=1S/C15H23N5/c1-5-9-20-13(7-8-17-20)15-18-12(11(3)4)10-14(19-15)16-6-2/h7-8,10-11H,5-6,9H2,1-4H3,(H,16,18,19). The van der Waals surface area contributed by atoms with Gasteiger partial charge in [-0.3, -0.25) is 4.68 Å². The molecule has 0 fully saturated rings. The number of nitrogens with zero attached hydrogens (tertiary/aromatic N) is 4. The van der Waals surface area contributed by atoms with E-state index in [0.29, 0.717) is 5.92 Å². The van der Waals surface area contributed by atoms with E-state index in [2.05, 4.69) is 48.1 Å². The van der Waals surface area contributed by atoms with E-state index in [1.165, 1.54) is 0 Å². The Morgan fingerprint density at radius 1 is 1.25 bits per heavy atom. The molecule has 0 saturated heterocycles. The van der Waals surface area contributed by atoms with Crippen molar-refractivity contribution < 1.29 is 0 Å². The molecule has 5 nitrogen and oxygen atoms in total. The number of rotatable bonds is 6. The first-order valence-corrected chi connectivity index (χ1v) is 7.30. The second-order valence-electron chi connectivity index (χ2n) is 5.13. The summed E-state index contributed by atoms with van der Waals surface area (Å²) in [5.41, 5.74) is 2.03. The number of nitrogens with one attached hydrogen (secondary N) is 1. The van der Waals surface area contributed by atoms with Gasteiger partial charge in [0.05, 0.1) is 0 Å². The molecule has 5 heteroatoms. The van der Waals surface area contributed by atoms with Gasteiger partial charge in [-0.15, -0.1) is 0 Å². The van der Waals surface area contributed by atoms with Crippen molar-refractivity contribution in [1.82, 2.24) is 19.7 Å². The number of hydrogen-bond donors (Lipinski definition) is 1. The van der Waals surface area contributed by atoms with Crippen LogP contribution < -0.4 is 5.32 Å². The molecule has 108 valence electrons. The predicted molar refractivity (Wildman–Crippen MR) is 81.8 cm³/mol. The molecule has 0 aliphatic carbocycles. The summed E-state index contributed by atoms with van der Waals surface area (Å²) >= 11 is 0. The van der Waals surface area contributed by atoms with Crippen LogP contribution in [0.1, 0.15) is 45.7 Å². The van der Waals surface area contributed by atoms with Crippen LogP contribution in [0.3, 0.4) is 0 Å². The fourth-order valence-corrected chi connectivity index (χ4v) is 2.06. The van der Waals surface area contributed by atoms with E-state index in [0.717, 1.165) is 42.5 Å². The quantitative estimate of drug-likeness (QED) is 0.877. The van der Waals surface area contributed by atoms with Gasteiger partial charge in [-0.25, -0.2) is 9.97 Å². The smallest absolute Gasteiger partial charge is 0.180 e. The van der Waals surface area contributed by atoms with Crippen molar-refractivity contribution in [3.05, 3.63) is 24.0 Å². The monoisotopic (exact) mass is 273 g/mol. The summed E-state index contributed by atoms with van der Waals surface area (Å²) in [6.07, 6.45) is 2.85. The second kappa shape index (κ2) is 6.50. The van der Waals surface area contributed by atoms with Gasteiger partial charge in [0.2, 0.25) is 0 Å². The van der Waals surface area contributed by atoms with Gasteiger partial charge in [0.15, 0.2) is 5.82 Å². The Balaban J connectivity index is 2.46. The minimum atomic E-state index is 0.372.